The number of amidine groups is 1. The molecule has 136 valence electrons. The number of benzene rings is 1. The Labute approximate surface area is 142 Å². The number of aliphatic imine (C=N–C) groups is 2. The quantitative estimate of drug-likeness (QED) is 0.496. The second-order valence-corrected chi connectivity index (χ2v) is 5.81. The van der Waals surface area contributed by atoms with Crippen molar-refractivity contribution in [1.82, 2.24) is 4.90 Å². The molecule has 0 aromatic heterocycles. The van der Waals surface area contributed by atoms with Gasteiger partial charge in [-0.05, 0) is 30.7 Å². The standard InChI is InChI=1S/C16H19F4N5/c1-10-4-6-25(7-5-10)9-14(21)24-15(22)23-11-2-3-12(13(17)8-11)16(18,19)20/h2-4,6,8,10H,5,7,9H2,1H3,(H4,21,22,23,24). The third-order valence-electron chi connectivity index (χ3n) is 3.62. The van der Waals surface area contributed by atoms with Gasteiger partial charge in [0.15, 0.2) is 0 Å². The number of rotatable bonds is 3. The third kappa shape index (κ3) is 5.47. The molecule has 0 fully saturated rings. The summed E-state index contributed by atoms with van der Waals surface area (Å²) in [6, 6.07) is 2.27. The van der Waals surface area contributed by atoms with Crippen LogP contribution in [0, 0.1) is 11.7 Å². The lowest BCUT2D eigenvalue weighted by Gasteiger charge is -2.25. The Morgan fingerprint density at radius 2 is 2.04 bits per heavy atom. The Hall–Kier alpha value is -2.58. The van der Waals surface area contributed by atoms with E-state index in [0.29, 0.717) is 24.6 Å². The van der Waals surface area contributed by atoms with E-state index in [1.165, 1.54) is 0 Å². The van der Waals surface area contributed by atoms with Gasteiger partial charge in [-0.1, -0.05) is 13.0 Å². The van der Waals surface area contributed by atoms with Gasteiger partial charge in [-0.3, -0.25) is 0 Å². The van der Waals surface area contributed by atoms with Crippen molar-refractivity contribution in [3.63, 3.8) is 0 Å². The number of guanidine groups is 1. The van der Waals surface area contributed by atoms with Gasteiger partial charge in [0.25, 0.3) is 0 Å². The first-order valence-electron chi connectivity index (χ1n) is 7.61. The van der Waals surface area contributed by atoms with Crippen LogP contribution in [0.2, 0.25) is 0 Å². The summed E-state index contributed by atoms with van der Waals surface area (Å²) in [6.45, 7) is 3.29. The molecule has 1 aromatic carbocycles. The molecule has 1 atom stereocenters. The van der Waals surface area contributed by atoms with Crippen molar-refractivity contribution >= 4 is 17.5 Å². The van der Waals surface area contributed by atoms with Crippen molar-refractivity contribution < 1.29 is 17.6 Å². The van der Waals surface area contributed by atoms with Gasteiger partial charge in [-0.2, -0.15) is 18.2 Å². The lowest BCUT2D eigenvalue weighted by Crippen LogP contribution is -2.34. The van der Waals surface area contributed by atoms with E-state index in [2.05, 4.69) is 23.0 Å². The number of hydrogen-bond donors (Lipinski definition) is 2. The van der Waals surface area contributed by atoms with E-state index in [1.807, 2.05) is 11.1 Å². The number of nitrogens with two attached hydrogens (primary N) is 2. The molecule has 0 amide bonds. The third-order valence-corrected chi connectivity index (χ3v) is 3.62. The van der Waals surface area contributed by atoms with Crippen LogP contribution in [0.1, 0.15) is 18.9 Å². The monoisotopic (exact) mass is 357 g/mol. The molecule has 1 aromatic rings. The molecular formula is C16H19F4N5. The van der Waals surface area contributed by atoms with Gasteiger partial charge in [0.2, 0.25) is 5.96 Å². The zero-order valence-corrected chi connectivity index (χ0v) is 13.6. The van der Waals surface area contributed by atoms with Gasteiger partial charge < -0.3 is 16.4 Å². The molecule has 1 unspecified atom stereocenters. The van der Waals surface area contributed by atoms with Crippen LogP contribution >= 0.6 is 0 Å². The van der Waals surface area contributed by atoms with E-state index in [4.69, 9.17) is 11.5 Å². The molecule has 0 radical (unpaired) electrons. The molecule has 5 nitrogen and oxygen atoms in total. The van der Waals surface area contributed by atoms with Gasteiger partial charge in [-0.25, -0.2) is 9.38 Å². The maximum atomic E-state index is 13.5. The molecule has 1 aliphatic heterocycles. The highest BCUT2D eigenvalue weighted by Crippen LogP contribution is 2.32. The molecular weight excluding hydrogens is 338 g/mol. The average molecular weight is 357 g/mol. The van der Waals surface area contributed by atoms with E-state index in [-0.39, 0.29) is 17.5 Å². The second kappa shape index (κ2) is 7.54. The van der Waals surface area contributed by atoms with Crippen molar-refractivity contribution in [2.24, 2.45) is 27.4 Å². The number of alkyl halides is 3. The fourth-order valence-electron chi connectivity index (χ4n) is 2.29. The predicted octanol–water partition coefficient (Wildman–Crippen LogP) is 3.00. The maximum Gasteiger partial charge on any atom is 0.419 e. The maximum absolute atomic E-state index is 13.5. The summed E-state index contributed by atoms with van der Waals surface area (Å²) < 4.78 is 51.0. The number of nitrogens with zero attached hydrogens (tertiary/aromatic N) is 3. The minimum atomic E-state index is -4.76. The first-order valence-corrected chi connectivity index (χ1v) is 7.61. The Balaban J connectivity index is 2.07. The first kappa shape index (κ1) is 18.8. The average Bonchev–Trinajstić information content (AvgIpc) is 2.48. The van der Waals surface area contributed by atoms with Crippen LogP contribution in [0.5, 0.6) is 0 Å². The number of hydrogen-bond acceptors (Lipinski definition) is 2. The van der Waals surface area contributed by atoms with Crippen molar-refractivity contribution in [3.05, 3.63) is 41.9 Å². The Bertz CT molecular complexity index is 709. The summed E-state index contributed by atoms with van der Waals surface area (Å²) in [6.07, 6.45) is 0.215. The molecule has 1 heterocycles. The SMILES string of the molecule is CC1C=CN(CC(N)=NC(N)=Nc2ccc(C(F)(F)F)c(F)c2)CC1. The molecule has 0 saturated carbocycles. The van der Waals surface area contributed by atoms with Crippen LogP contribution < -0.4 is 11.5 Å². The minimum Gasteiger partial charge on any atom is -0.386 e. The highest BCUT2D eigenvalue weighted by atomic mass is 19.4. The predicted molar refractivity (Wildman–Crippen MR) is 88.8 cm³/mol. The lowest BCUT2D eigenvalue weighted by molar-refractivity contribution is -0.139. The van der Waals surface area contributed by atoms with Gasteiger partial charge in [-0.15, -0.1) is 0 Å². The second-order valence-electron chi connectivity index (χ2n) is 5.81. The van der Waals surface area contributed by atoms with E-state index in [1.54, 1.807) is 0 Å². The summed E-state index contributed by atoms with van der Waals surface area (Å²) in [5, 5.41) is 0. The fourth-order valence-corrected chi connectivity index (χ4v) is 2.29. The van der Waals surface area contributed by atoms with Crippen LogP contribution in [0.25, 0.3) is 0 Å². The molecule has 2 rings (SSSR count). The van der Waals surface area contributed by atoms with E-state index < -0.39 is 17.6 Å². The number of allylic oxidation sites excluding steroid dienone is 1. The van der Waals surface area contributed by atoms with Gasteiger partial charge >= 0.3 is 6.18 Å². The summed E-state index contributed by atoms with van der Waals surface area (Å²) in [4.78, 5) is 9.62. The van der Waals surface area contributed by atoms with E-state index in [9.17, 15) is 17.6 Å². The number of halogens is 4. The fraction of sp³-hybridized carbons (Fsp3) is 0.375. The lowest BCUT2D eigenvalue weighted by atomic mass is 10.1. The molecule has 4 N–H and O–H groups in total. The summed E-state index contributed by atoms with van der Waals surface area (Å²) in [5.41, 5.74) is 9.97. The molecule has 0 bridgehead atoms. The topological polar surface area (TPSA) is 80.0 Å². The van der Waals surface area contributed by atoms with Gasteiger partial charge in [0.1, 0.15) is 11.7 Å². The Kier molecular flexibility index (Phi) is 5.66. The minimum absolute atomic E-state index is 0.0776. The smallest absolute Gasteiger partial charge is 0.386 e. The summed E-state index contributed by atoms with van der Waals surface area (Å²) in [7, 11) is 0. The van der Waals surface area contributed by atoms with E-state index in [0.717, 1.165) is 19.0 Å². The highest BCUT2D eigenvalue weighted by molar-refractivity contribution is 5.96. The van der Waals surface area contributed by atoms with Crippen molar-refractivity contribution in [2.45, 2.75) is 19.5 Å². The van der Waals surface area contributed by atoms with Gasteiger partial charge in [0.05, 0.1) is 17.8 Å². The van der Waals surface area contributed by atoms with Crippen LogP contribution in [0.15, 0.2) is 40.5 Å². The molecule has 0 aliphatic carbocycles. The van der Waals surface area contributed by atoms with Crippen LogP contribution in [-0.2, 0) is 6.18 Å². The van der Waals surface area contributed by atoms with Crippen molar-refractivity contribution in [3.8, 4) is 0 Å². The van der Waals surface area contributed by atoms with Crippen molar-refractivity contribution in [2.75, 3.05) is 13.1 Å². The van der Waals surface area contributed by atoms with Crippen LogP contribution in [-0.4, -0.2) is 29.8 Å². The molecule has 25 heavy (non-hydrogen) atoms. The highest BCUT2D eigenvalue weighted by Gasteiger charge is 2.33. The normalized spacial score (nSPS) is 19.4. The summed E-state index contributed by atoms with van der Waals surface area (Å²) in [5.74, 6) is -0.972. The Morgan fingerprint density at radius 1 is 1.32 bits per heavy atom. The largest absolute Gasteiger partial charge is 0.419 e. The zero-order valence-electron chi connectivity index (χ0n) is 13.6. The van der Waals surface area contributed by atoms with Crippen LogP contribution in [0.4, 0.5) is 23.2 Å². The van der Waals surface area contributed by atoms with Crippen molar-refractivity contribution in [1.29, 1.82) is 0 Å². The summed E-state index contributed by atoms with van der Waals surface area (Å²) >= 11 is 0. The molecule has 0 spiro atoms. The zero-order chi connectivity index (χ0) is 18.6. The molecule has 9 heteroatoms. The molecule has 1 aliphatic rings. The molecule has 0 saturated heterocycles. The Morgan fingerprint density at radius 3 is 2.60 bits per heavy atom. The first-order chi connectivity index (χ1) is 11.6. The van der Waals surface area contributed by atoms with E-state index >= 15 is 0 Å². The van der Waals surface area contributed by atoms with Gasteiger partial charge in [0, 0.05) is 12.6 Å². The van der Waals surface area contributed by atoms with Crippen LogP contribution in [0.3, 0.4) is 0 Å².